The molecule has 0 saturated carbocycles. The topological polar surface area (TPSA) is 91.2 Å². The van der Waals surface area contributed by atoms with Gasteiger partial charge in [-0.2, -0.15) is 13.2 Å². The van der Waals surface area contributed by atoms with Crippen molar-refractivity contribution in [2.45, 2.75) is 12.7 Å². The van der Waals surface area contributed by atoms with Crippen molar-refractivity contribution in [2.75, 3.05) is 0 Å². The molecular formula is C27H18F3N3O3. The molecule has 36 heavy (non-hydrogen) atoms. The van der Waals surface area contributed by atoms with Crippen LogP contribution in [0, 0.1) is 0 Å². The molecule has 3 heterocycles. The van der Waals surface area contributed by atoms with Crippen molar-refractivity contribution < 1.29 is 27.1 Å². The molecular weight excluding hydrogens is 471 g/mol. The Morgan fingerprint density at radius 1 is 0.944 bits per heavy atom. The van der Waals surface area contributed by atoms with Crippen LogP contribution >= 0.6 is 0 Å². The summed E-state index contributed by atoms with van der Waals surface area (Å²) < 4.78 is 49.1. The molecule has 5 aromatic rings. The number of benzene rings is 2. The second-order valence-electron chi connectivity index (χ2n) is 7.89. The van der Waals surface area contributed by atoms with E-state index < -0.39 is 18.0 Å². The second-order valence-corrected chi connectivity index (χ2v) is 7.89. The van der Waals surface area contributed by atoms with Crippen molar-refractivity contribution in [2.24, 2.45) is 5.73 Å². The maximum absolute atomic E-state index is 13.0. The van der Waals surface area contributed by atoms with Crippen LogP contribution in [0.1, 0.15) is 5.56 Å². The fourth-order valence-electron chi connectivity index (χ4n) is 3.83. The number of pyridine rings is 2. The molecule has 0 aliphatic heterocycles. The Bertz CT molecular complexity index is 1530. The number of esters is 1. The molecule has 5 rings (SSSR count). The van der Waals surface area contributed by atoms with E-state index in [2.05, 4.69) is 9.72 Å². The summed E-state index contributed by atoms with van der Waals surface area (Å²) in [5.74, 6) is -2.47. The minimum Gasteiger partial charge on any atom is -0.464 e. The number of rotatable bonds is 5. The predicted octanol–water partition coefficient (Wildman–Crippen LogP) is 6.15. The maximum atomic E-state index is 13.0. The first-order chi connectivity index (χ1) is 17.3. The molecule has 0 spiro atoms. The van der Waals surface area contributed by atoms with Crippen molar-refractivity contribution in [3.63, 3.8) is 0 Å². The number of hydrogen-bond acceptors (Lipinski definition) is 6. The van der Waals surface area contributed by atoms with Crippen molar-refractivity contribution in [3.8, 4) is 39.6 Å². The number of nitrogens with two attached hydrogens (primary N) is 1. The third kappa shape index (κ3) is 4.44. The van der Waals surface area contributed by atoms with Crippen LogP contribution in [-0.4, -0.2) is 22.1 Å². The number of furan rings is 1. The first-order valence-corrected chi connectivity index (χ1v) is 10.9. The zero-order valence-corrected chi connectivity index (χ0v) is 18.6. The molecule has 6 nitrogen and oxygen atoms in total. The van der Waals surface area contributed by atoms with Gasteiger partial charge in [-0.15, -0.1) is 0 Å². The molecule has 0 aliphatic carbocycles. The fraction of sp³-hybridized carbons (Fsp3) is 0.0741. The first-order valence-electron chi connectivity index (χ1n) is 10.9. The zero-order valence-electron chi connectivity index (χ0n) is 18.6. The lowest BCUT2D eigenvalue weighted by atomic mass is 9.96. The largest absolute Gasteiger partial charge is 0.491 e. The number of carbonyl (C=O) groups is 1. The summed E-state index contributed by atoms with van der Waals surface area (Å²) in [5.41, 5.74) is 10.1. The van der Waals surface area contributed by atoms with Crippen molar-refractivity contribution in [1.29, 1.82) is 0 Å². The van der Waals surface area contributed by atoms with Crippen LogP contribution in [0.2, 0.25) is 0 Å². The first kappa shape index (κ1) is 23.3. The summed E-state index contributed by atoms with van der Waals surface area (Å²) in [4.78, 5) is 20.5. The van der Waals surface area contributed by atoms with E-state index in [9.17, 15) is 18.0 Å². The number of ether oxygens (including phenoxy) is 1. The summed E-state index contributed by atoms with van der Waals surface area (Å²) in [6.07, 6.45) is -2.45. The number of halogens is 3. The number of aromatic nitrogens is 2. The van der Waals surface area contributed by atoms with E-state index in [-0.39, 0.29) is 10.9 Å². The van der Waals surface area contributed by atoms with Crippen LogP contribution in [0.4, 0.5) is 13.2 Å². The van der Waals surface area contributed by atoms with Gasteiger partial charge in [-0.05, 0) is 29.3 Å². The average Bonchev–Trinajstić information content (AvgIpc) is 3.43. The quantitative estimate of drug-likeness (QED) is 0.298. The van der Waals surface area contributed by atoms with E-state index in [1.54, 1.807) is 18.2 Å². The predicted molar refractivity (Wildman–Crippen MR) is 128 cm³/mol. The number of alkyl halides is 3. The highest BCUT2D eigenvalue weighted by Crippen LogP contribution is 2.39. The molecule has 9 heteroatoms. The number of carbonyl (C=O) groups excluding carboxylic acids is 1. The lowest BCUT2D eigenvalue weighted by molar-refractivity contribution is -0.189. The van der Waals surface area contributed by atoms with Gasteiger partial charge < -0.3 is 14.9 Å². The van der Waals surface area contributed by atoms with Crippen LogP contribution in [0.15, 0.2) is 89.7 Å². The third-order valence-corrected chi connectivity index (χ3v) is 5.57. The monoisotopic (exact) mass is 489 g/mol. The Morgan fingerprint density at radius 3 is 2.33 bits per heavy atom. The molecule has 0 saturated heterocycles. The standard InChI is InChI=1S/C27H18F3N3O3/c28-27(29,30)26(34)36-25-20-13-19(17-5-2-1-3-6-17)23(18-10-8-16(14-31)9-11-18)33-24(20)21(15-32-25)22-7-4-12-35-22/h1-13,15H,14,31H2. The molecule has 0 radical (unpaired) electrons. The Hall–Kier alpha value is -4.50. The van der Waals surface area contributed by atoms with E-state index in [0.717, 1.165) is 16.7 Å². The Morgan fingerprint density at radius 2 is 1.69 bits per heavy atom. The van der Waals surface area contributed by atoms with Gasteiger partial charge in [0.1, 0.15) is 5.76 Å². The van der Waals surface area contributed by atoms with Gasteiger partial charge in [0.25, 0.3) is 0 Å². The molecule has 3 aromatic heterocycles. The maximum Gasteiger partial charge on any atom is 0.491 e. The van der Waals surface area contributed by atoms with E-state index >= 15 is 0 Å². The SMILES string of the molecule is NCc1ccc(-c2nc3c(-c4ccco4)cnc(OC(=O)C(F)(F)F)c3cc2-c2ccccc2)cc1. The number of fused-ring (bicyclic) bond motifs is 1. The van der Waals surface area contributed by atoms with Crippen LogP contribution < -0.4 is 10.5 Å². The van der Waals surface area contributed by atoms with Gasteiger partial charge in [0.2, 0.25) is 5.88 Å². The molecule has 0 unspecified atom stereocenters. The fourth-order valence-corrected chi connectivity index (χ4v) is 3.83. The van der Waals surface area contributed by atoms with Crippen molar-refractivity contribution in [1.82, 2.24) is 9.97 Å². The number of hydrogen-bond donors (Lipinski definition) is 1. The van der Waals surface area contributed by atoms with Crippen LogP contribution in [-0.2, 0) is 11.3 Å². The summed E-state index contributed by atoms with van der Waals surface area (Å²) >= 11 is 0. The highest BCUT2D eigenvalue weighted by molar-refractivity contribution is 6.01. The van der Waals surface area contributed by atoms with Crippen LogP contribution in [0.5, 0.6) is 5.88 Å². The van der Waals surface area contributed by atoms with Crippen LogP contribution in [0.25, 0.3) is 44.6 Å². The number of nitrogens with zero attached hydrogens (tertiary/aromatic N) is 2. The Labute approximate surface area is 203 Å². The third-order valence-electron chi connectivity index (χ3n) is 5.57. The lowest BCUT2D eigenvalue weighted by Gasteiger charge is -2.15. The van der Waals surface area contributed by atoms with Gasteiger partial charge in [0.15, 0.2) is 0 Å². The molecule has 2 aromatic carbocycles. The van der Waals surface area contributed by atoms with E-state index in [1.165, 1.54) is 12.5 Å². The van der Waals surface area contributed by atoms with Crippen LogP contribution in [0.3, 0.4) is 0 Å². The smallest absolute Gasteiger partial charge is 0.464 e. The Balaban J connectivity index is 1.81. The molecule has 180 valence electrons. The minimum absolute atomic E-state index is 0.127. The summed E-state index contributed by atoms with van der Waals surface area (Å²) in [7, 11) is 0. The van der Waals surface area contributed by atoms with Gasteiger partial charge in [0.05, 0.1) is 28.4 Å². The van der Waals surface area contributed by atoms with Crippen molar-refractivity contribution in [3.05, 3.63) is 90.8 Å². The lowest BCUT2D eigenvalue weighted by Crippen LogP contribution is -2.28. The zero-order chi connectivity index (χ0) is 25.3. The second kappa shape index (κ2) is 9.27. The highest BCUT2D eigenvalue weighted by Gasteiger charge is 2.42. The summed E-state index contributed by atoms with van der Waals surface area (Å²) in [6.45, 7) is 0.374. The minimum atomic E-state index is -5.19. The molecule has 0 fully saturated rings. The van der Waals surface area contributed by atoms with Gasteiger partial charge >= 0.3 is 12.1 Å². The normalized spacial score (nSPS) is 11.6. The molecule has 0 atom stereocenters. The van der Waals surface area contributed by atoms with Gasteiger partial charge in [-0.25, -0.2) is 14.8 Å². The Kier molecular flexibility index (Phi) is 5.99. The van der Waals surface area contributed by atoms with Gasteiger partial charge in [-0.3, -0.25) is 0 Å². The molecule has 2 N–H and O–H groups in total. The van der Waals surface area contributed by atoms with Crippen molar-refractivity contribution >= 4 is 16.9 Å². The summed E-state index contributed by atoms with van der Waals surface area (Å²) in [6, 6.07) is 21.7. The molecule has 0 aliphatic rings. The van der Waals surface area contributed by atoms with Gasteiger partial charge in [0, 0.05) is 23.9 Å². The van der Waals surface area contributed by atoms with E-state index in [1.807, 2.05) is 54.6 Å². The molecule has 0 bridgehead atoms. The molecule has 0 amide bonds. The van der Waals surface area contributed by atoms with E-state index in [0.29, 0.717) is 29.1 Å². The summed E-state index contributed by atoms with van der Waals surface area (Å²) in [5, 5.41) is 0.127. The van der Waals surface area contributed by atoms with Gasteiger partial charge in [-0.1, -0.05) is 54.6 Å². The van der Waals surface area contributed by atoms with E-state index in [4.69, 9.17) is 15.1 Å². The highest BCUT2D eigenvalue weighted by atomic mass is 19.4. The average molecular weight is 489 g/mol.